The van der Waals surface area contributed by atoms with Gasteiger partial charge >= 0.3 is 0 Å². The molecule has 1 heterocycles. The Hall–Kier alpha value is -2.33. The molecule has 2 aromatic rings. The number of amides is 2. The fourth-order valence-electron chi connectivity index (χ4n) is 3.02. The second-order valence-corrected chi connectivity index (χ2v) is 6.32. The normalized spacial score (nSPS) is 17.2. The third-order valence-corrected chi connectivity index (χ3v) is 4.46. The first-order valence-electron chi connectivity index (χ1n) is 7.63. The lowest BCUT2D eigenvalue weighted by molar-refractivity contribution is -0.117. The highest BCUT2D eigenvalue weighted by Gasteiger charge is 2.40. The molecule has 0 spiro atoms. The summed E-state index contributed by atoms with van der Waals surface area (Å²) in [6.07, 6.45) is 2.06. The summed E-state index contributed by atoms with van der Waals surface area (Å²) < 4.78 is 0. The SMILES string of the molecule is O=C(c1cccc(Cl)c1)N1CC(=O)N(C2CC2)c2ccccc21. The van der Waals surface area contributed by atoms with Crippen LogP contribution in [0.15, 0.2) is 48.5 Å². The highest BCUT2D eigenvalue weighted by molar-refractivity contribution is 6.31. The smallest absolute Gasteiger partial charge is 0.258 e. The van der Waals surface area contributed by atoms with Gasteiger partial charge in [-0.05, 0) is 43.2 Å². The fraction of sp³-hybridized carbons (Fsp3) is 0.222. The molecule has 1 aliphatic carbocycles. The number of fused-ring (bicyclic) bond motifs is 1. The largest absolute Gasteiger partial charge is 0.306 e. The molecule has 23 heavy (non-hydrogen) atoms. The summed E-state index contributed by atoms with van der Waals surface area (Å²) in [6, 6.07) is 14.7. The number of carbonyl (C=O) groups is 2. The molecule has 2 aliphatic rings. The van der Waals surface area contributed by atoms with Crippen LogP contribution in [0.4, 0.5) is 11.4 Å². The molecular weight excluding hydrogens is 312 g/mol. The number of carbonyl (C=O) groups excluding carboxylic acids is 2. The Morgan fingerprint density at radius 2 is 1.78 bits per heavy atom. The molecular formula is C18H15ClN2O2. The van der Waals surface area contributed by atoms with E-state index in [2.05, 4.69) is 0 Å². The number of rotatable bonds is 2. The Bertz CT molecular complexity index is 801. The van der Waals surface area contributed by atoms with Crippen molar-refractivity contribution >= 4 is 34.8 Å². The summed E-state index contributed by atoms with van der Waals surface area (Å²) in [6.45, 7) is 0.0683. The van der Waals surface area contributed by atoms with E-state index in [1.54, 1.807) is 29.2 Å². The standard InChI is InChI=1S/C18H15ClN2O2/c19-13-5-3-4-12(10-13)18(23)20-11-17(22)21(14-8-9-14)16-7-2-1-6-15(16)20/h1-7,10,14H,8-9,11H2. The number of anilines is 2. The highest BCUT2D eigenvalue weighted by atomic mass is 35.5. The van der Waals surface area contributed by atoms with Crippen molar-refractivity contribution in [1.29, 1.82) is 0 Å². The van der Waals surface area contributed by atoms with Gasteiger partial charge < -0.3 is 4.90 Å². The van der Waals surface area contributed by atoms with Gasteiger partial charge in [-0.15, -0.1) is 0 Å². The summed E-state index contributed by atoms with van der Waals surface area (Å²) in [4.78, 5) is 28.8. The van der Waals surface area contributed by atoms with Crippen LogP contribution >= 0.6 is 11.6 Å². The van der Waals surface area contributed by atoms with Crippen LogP contribution in [0.25, 0.3) is 0 Å². The highest BCUT2D eigenvalue weighted by Crippen LogP contribution is 2.40. The molecule has 2 aromatic carbocycles. The summed E-state index contributed by atoms with van der Waals surface area (Å²) >= 11 is 5.98. The third kappa shape index (κ3) is 2.49. The van der Waals surface area contributed by atoms with Crippen LogP contribution in [0.3, 0.4) is 0 Å². The molecule has 0 saturated heterocycles. The maximum atomic E-state index is 12.8. The fourth-order valence-corrected chi connectivity index (χ4v) is 3.21. The van der Waals surface area contributed by atoms with Crippen molar-refractivity contribution in [2.24, 2.45) is 0 Å². The van der Waals surface area contributed by atoms with E-state index in [1.807, 2.05) is 29.2 Å². The number of nitrogens with zero attached hydrogens (tertiary/aromatic N) is 2. The third-order valence-electron chi connectivity index (χ3n) is 4.22. The van der Waals surface area contributed by atoms with E-state index in [1.165, 1.54) is 0 Å². The number of hydrogen-bond donors (Lipinski definition) is 0. The van der Waals surface area contributed by atoms with Gasteiger partial charge in [-0.3, -0.25) is 14.5 Å². The number of para-hydroxylation sites is 2. The topological polar surface area (TPSA) is 40.6 Å². The van der Waals surface area contributed by atoms with Crippen molar-refractivity contribution in [2.45, 2.75) is 18.9 Å². The molecule has 0 radical (unpaired) electrons. The first kappa shape index (κ1) is 14.3. The molecule has 0 aromatic heterocycles. The van der Waals surface area contributed by atoms with Crippen LogP contribution in [0.2, 0.25) is 5.02 Å². The van der Waals surface area contributed by atoms with Gasteiger partial charge in [0.2, 0.25) is 5.91 Å². The minimum absolute atomic E-state index is 0.0263. The number of hydrogen-bond acceptors (Lipinski definition) is 2. The minimum Gasteiger partial charge on any atom is -0.306 e. The van der Waals surface area contributed by atoms with E-state index in [9.17, 15) is 9.59 Å². The first-order chi connectivity index (χ1) is 11.1. The Labute approximate surface area is 139 Å². The van der Waals surface area contributed by atoms with Crippen LogP contribution in [0.5, 0.6) is 0 Å². The summed E-state index contributed by atoms with van der Waals surface area (Å²) in [5.41, 5.74) is 2.09. The molecule has 0 unspecified atom stereocenters. The lowest BCUT2D eigenvalue weighted by Crippen LogP contribution is -2.49. The molecule has 1 aliphatic heterocycles. The molecule has 5 heteroatoms. The summed E-state index contributed by atoms with van der Waals surface area (Å²) in [5.74, 6) is -0.231. The maximum Gasteiger partial charge on any atom is 0.258 e. The lowest BCUT2D eigenvalue weighted by atomic mass is 10.1. The molecule has 1 saturated carbocycles. The second kappa shape index (κ2) is 5.39. The Kier molecular flexibility index (Phi) is 3.34. The molecule has 0 N–H and O–H groups in total. The quantitative estimate of drug-likeness (QED) is 0.847. The molecule has 4 nitrogen and oxygen atoms in total. The molecule has 2 amide bonds. The maximum absolute atomic E-state index is 12.8. The van der Waals surface area contributed by atoms with Gasteiger partial charge in [0.1, 0.15) is 6.54 Å². The zero-order valence-corrected chi connectivity index (χ0v) is 13.2. The lowest BCUT2D eigenvalue weighted by Gasteiger charge is -2.36. The molecule has 0 bridgehead atoms. The van der Waals surface area contributed by atoms with E-state index < -0.39 is 0 Å². The Morgan fingerprint density at radius 3 is 2.48 bits per heavy atom. The van der Waals surface area contributed by atoms with Crippen LogP contribution in [0, 0.1) is 0 Å². The average molecular weight is 327 g/mol. The zero-order chi connectivity index (χ0) is 16.0. The molecule has 116 valence electrons. The minimum atomic E-state index is -0.205. The van der Waals surface area contributed by atoms with Gasteiger partial charge in [0, 0.05) is 16.6 Å². The van der Waals surface area contributed by atoms with Crippen molar-refractivity contribution in [3.05, 3.63) is 59.1 Å². The van der Waals surface area contributed by atoms with Crippen LogP contribution in [-0.4, -0.2) is 24.4 Å². The first-order valence-corrected chi connectivity index (χ1v) is 8.01. The van der Waals surface area contributed by atoms with Crippen LogP contribution in [-0.2, 0) is 4.79 Å². The summed E-state index contributed by atoms with van der Waals surface area (Å²) in [7, 11) is 0. The van der Waals surface area contributed by atoms with E-state index in [4.69, 9.17) is 11.6 Å². The Balaban J connectivity index is 1.76. The van der Waals surface area contributed by atoms with E-state index in [-0.39, 0.29) is 24.4 Å². The van der Waals surface area contributed by atoms with Gasteiger partial charge in [0.15, 0.2) is 0 Å². The second-order valence-electron chi connectivity index (χ2n) is 5.89. The van der Waals surface area contributed by atoms with Crippen molar-refractivity contribution in [3.8, 4) is 0 Å². The molecule has 1 fully saturated rings. The Morgan fingerprint density at radius 1 is 1.04 bits per heavy atom. The van der Waals surface area contributed by atoms with Gasteiger partial charge in [-0.25, -0.2) is 0 Å². The van der Waals surface area contributed by atoms with E-state index in [0.29, 0.717) is 10.6 Å². The van der Waals surface area contributed by atoms with Gasteiger partial charge in [-0.1, -0.05) is 29.8 Å². The molecule has 4 rings (SSSR count). The van der Waals surface area contributed by atoms with Gasteiger partial charge in [0.05, 0.1) is 11.4 Å². The van der Waals surface area contributed by atoms with Crippen molar-refractivity contribution in [3.63, 3.8) is 0 Å². The predicted molar refractivity (Wildman–Crippen MR) is 90.1 cm³/mol. The predicted octanol–water partition coefficient (Wildman–Crippen LogP) is 3.50. The molecule has 0 atom stereocenters. The van der Waals surface area contributed by atoms with Crippen LogP contribution in [0.1, 0.15) is 23.2 Å². The van der Waals surface area contributed by atoms with E-state index in [0.717, 1.165) is 24.2 Å². The van der Waals surface area contributed by atoms with Gasteiger partial charge in [-0.2, -0.15) is 0 Å². The van der Waals surface area contributed by atoms with E-state index >= 15 is 0 Å². The van der Waals surface area contributed by atoms with Gasteiger partial charge in [0.25, 0.3) is 5.91 Å². The van der Waals surface area contributed by atoms with Crippen LogP contribution < -0.4 is 9.80 Å². The number of benzene rings is 2. The average Bonchev–Trinajstić information content (AvgIpc) is 3.38. The van der Waals surface area contributed by atoms with Crippen molar-refractivity contribution < 1.29 is 9.59 Å². The van der Waals surface area contributed by atoms with Crippen molar-refractivity contribution in [1.82, 2.24) is 0 Å². The monoisotopic (exact) mass is 326 g/mol. The zero-order valence-electron chi connectivity index (χ0n) is 12.4. The summed E-state index contributed by atoms with van der Waals surface area (Å²) in [5, 5.41) is 0.507. The number of halogens is 1. The van der Waals surface area contributed by atoms with Crippen molar-refractivity contribution in [2.75, 3.05) is 16.3 Å².